The molecule has 0 aromatic heterocycles. The number of cyclic esters (lactones) is 1. The summed E-state index contributed by atoms with van der Waals surface area (Å²) in [5, 5.41) is 10.6. The summed E-state index contributed by atoms with van der Waals surface area (Å²) in [5.74, 6) is 0.534. The molecule has 0 unspecified atom stereocenters. The first-order valence-corrected chi connectivity index (χ1v) is 10.9. The molecule has 0 amide bonds. The van der Waals surface area contributed by atoms with Gasteiger partial charge in [0, 0.05) is 12.2 Å². The normalized spacial score (nSPS) is 16.6. The highest BCUT2D eigenvalue weighted by atomic mass is 32.2. The van der Waals surface area contributed by atoms with Crippen LogP contribution in [0.15, 0.2) is 41.0 Å². The largest absolute Gasteiger partial charge is 0.511 e. The number of aliphatic hydroxyl groups excluding tert-OH is 1. The van der Waals surface area contributed by atoms with Crippen LogP contribution in [0.5, 0.6) is 0 Å². The number of thioether (sulfide) groups is 1. The van der Waals surface area contributed by atoms with E-state index in [4.69, 9.17) is 4.74 Å². The molecule has 0 fully saturated rings. The van der Waals surface area contributed by atoms with E-state index in [1.165, 1.54) is 11.8 Å². The van der Waals surface area contributed by atoms with Gasteiger partial charge in [-0.05, 0) is 31.2 Å². The lowest BCUT2D eigenvalue weighted by molar-refractivity contribution is -0.159. The predicted molar refractivity (Wildman–Crippen MR) is 109 cm³/mol. The Morgan fingerprint density at radius 2 is 1.65 bits per heavy atom. The molecule has 4 heteroatoms. The third kappa shape index (κ3) is 6.08. The summed E-state index contributed by atoms with van der Waals surface area (Å²) < 4.78 is 5.96. The number of rotatable bonds is 11. The van der Waals surface area contributed by atoms with Crippen LogP contribution >= 0.6 is 11.8 Å². The fourth-order valence-electron chi connectivity index (χ4n) is 3.45. The van der Waals surface area contributed by atoms with Crippen LogP contribution in [0.4, 0.5) is 0 Å². The van der Waals surface area contributed by atoms with Gasteiger partial charge in [-0.1, -0.05) is 69.9 Å². The Bertz CT molecular complexity index is 585. The lowest BCUT2D eigenvalue weighted by Crippen LogP contribution is -2.40. The molecule has 26 heavy (non-hydrogen) atoms. The first-order valence-electron chi connectivity index (χ1n) is 9.92. The Labute approximate surface area is 162 Å². The lowest BCUT2D eigenvalue weighted by Gasteiger charge is -2.37. The maximum absolute atomic E-state index is 12.6. The molecular formula is C22H32O3S. The van der Waals surface area contributed by atoms with E-state index in [-0.39, 0.29) is 11.7 Å². The van der Waals surface area contributed by atoms with Crippen LogP contribution in [-0.2, 0) is 15.3 Å². The number of unbranched alkanes of at least 4 members (excludes halogenated alkanes) is 4. The van der Waals surface area contributed by atoms with E-state index in [1.54, 1.807) is 0 Å². The zero-order valence-electron chi connectivity index (χ0n) is 16.1. The molecule has 1 aromatic rings. The number of benzene rings is 1. The second-order valence-electron chi connectivity index (χ2n) is 7.21. The van der Waals surface area contributed by atoms with Crippen molar-refractivity contribution < 1.29 is 14.6 Å². The number of esters is 1. The molecule has 0 spiro atoms. The smallest absolute Gasteiger partial charge is 0.348 e. The highest BCUT2D eigenvalue weighted by molar-refractivity contribution is 8.03. The molecule has 0 bridgehead atoms. The standard InChI is InChI=1S/C22H32O3S/c1-3-5-10-14-22(15-11-6-4-2)16-19(23)20(21(24)25-22)26-17-18-12-8-7-9-13-18/h7-9,12-13,23H,3-6,10-11,14-17H2,1-2H3. The number of hydrogen-bond acceptors (Lipinski definition) is 4. The monoisotopic (exact) mass is 376 g/mol. The van der Waals surface area contributed by atoms with E-state index in [9.17, 15) is 9.90 Å². The first-order chi connectivity index (χ1) is 12.6. The van der Waals surface area contributed by atoms with Gasteiger partial charge in [0.1, 0.15) is 16.3 Å². The maximum atomic E-state index is 12.6. The van der Waals surface area contributed by atoms with Gasteiger partial charge >= 0.3 is 5.97 Å². The van der Waals surface area contributed by atoms with Crippen molar-refractivity contribution in [1.29, 1.82) is 0 Å². The summed E-state index contributed by atoms with van der Waals surface area (Å²) >= 11 is 1.38. The van der Waals surface area contributed by atoms with Crippen LogP contribution in [0.2, 0.25) is 0 Å². The van der Waals surface area contributed by atoms with E-state index in [1.807, 2.05) is 30.3 Å². The first kappa shape index (κ1) is 20.9. The Balaban J connectivity index is 2.06. The minimum absolute atomic E-state index is 0.218. The highest BCUT2D eigenvalue weighted by Gasteiger charge is 2.41. The summed E-state index contributed by atoms with van der Waals surface area (Å²) in [5.41, 5.74) is 0.621. The fourth-order valence-corrected chi connectivity index (χ4v) is 4.35. The van der Waals surface area contributed by atoms with Crippen LogP contribution in [0.25, 0.3) is 0 Å². The molecule has 1 aliphatic heterocycles. The van der Waals surface area contributed by atoms with Gasteiger partial charge in [0.2, 0.25) is 0 Å². The van der Waals surface area contributed by atoms with Crippen molar-refractivity contribution in [2.24, 2.45) is 0 Å². The van der Waals surface area contributed by atoms with Crippen molar-refractivity contribution in [2.75, 3.05) is 0 Å². The maximum Gasteiger partial charge on any atom is 0.348 e. The molecule has 0 saturated heterocycles. The van der Waals surface area contributed by atoms with Gasteiger partial charge in [0.25, 0.3) is 0 Å². The molecular weight excluding hydrogens is 344 g/mol. The average molecular weight is 377 g/mol. The van der Waals surface area contributed by atoms with E-state index >= 15 is 0 Å². The van der Waals surface area contributed by atoms with Crippen molar-refractivity contribution >= 4 is 17.7 Å². The van der Waals surface area contributed by atoms with Crippen molar-refractivity contribution in [3.8, 4) is 0 Å². The van der Waals surface area contributed by atoms with Gasteiger partial charge in [0.15, 0.2) is 0 Å². The Morgan fingerprint density at radius 3 is 2.19 bits per heavy atom. The van der Waals surface area contributed by atoms with Gasteiger partial charge in [-0.2, -0.15) is 0 Å². The number of hydrogen-bond donors (Lipinski definition) is 1. The average Bonchev–Trinajstić information content (AvgIpc) is 2.62. The minimum atomic E-state index is -0.512. The summed E-state index contributed by atoms with van der Waals surface area (Å²) in [4.78, 5) is 13.0. The molecule has 0 atom stereocenters. The zero-order valence-corrected chi connectivity index (χ0v) is 16.9. The highest BCUT2D eigenvalue weighted by Crippen LogP contribution is 2.41. The van der Waals surface area contributed by atoms with E-state index < -0.39 is 5.60 Å². The van der Waals surface area contributed by atoms with Crippen LogP contribution in [0, 0.1) is 0 Å². The number of carbonyl (C=O) groups is 1. The Kier molecular flexibility index (Phi) is 8.56. The molecule has 0 saturated carbocycles. The van der Waals surface area contributed by atoms with E-state index in [2.05, 4.69) is 13.8 Å². The van der Waals surface area contributed by atoms with Crippen molar-refractivity contribution in [2.45, 2.75) is 83.0 Å². The molecule has 0 aliphatic carbocycles. The Morgan fingerprint density at radius 1 is 1.04 bits per heavy atom. The molecule has 1 aliphatic rings. The second kappa shape index (κ2) is 10.7. The SMILES string of the molecule is CCCCCC1(CCCCC)CC(O)=C(SCc2ccccc2)C(=O)O1. The molecule has 1 heterocycles. The Hall–Kier alpha value is -1.42. The molecule has 2 rings (SSSR count). The minimum Gasteiger partial charge on any atom is -0.511 e. The lowest BCUT2D eigenvalue weighted by atomic mass is 9.85. The number of aliphatic hydroxyl groups is 1. The number of ether oxygens (including phenoxy) is 1. The van der Waals surface area contributed by atoms with Gasteiger partial charge in [-0.15, -0.1) is 11.8 Å². The number of carbonyl (C=O) groups excluding carboxylic acids is 1. The van der Waals surface area contributed by atoms with Gasteiger partial charge in [0.05, 0.1) is 0 Å². The van der Waals surface area contributed by atoms with Crippen LogP contribution in [0.1, 0.15) is 77.2 Å². The second-order valence-corrected chi connectivity index (χ2v) is 8.20. The predicted octanol–water partition coefficient (Wildman–Crippen LogP) is 6.54. The topological polar surface area (TPSA) is 46.5 Å². The molecule has 1 N–H and O–H groups in total. The van der Waals surface area contributed by atoms with Crippen molar-refractivity contribution in [3.05, 3.63) is 46.6 Å². The molecule has 1 aromatic carbocycles. The van der Waals surface area contributed by atoms with Gasteiger partial charge in [-0.25, -0.2) is 4.79 Å². The third-order valence-electron chi connectivity index (χ3n) is 4.94. The van der Waals surface area contributed by atoms with Crippen LogP contribution in [0.3, 0.4) is 0 Å². The van der Waals surface area contributed by atoms with Gasteiger partial charge < -0.3 is 9.84 Å². The fraction of sp³-hybridized carbons (Fsp3) is 0.591. The van der Waals surface area contributed by atoms with E-state index in [0.717, 1.165) is 56.9 Å². The van der Waals surface area contributed by atoms with Crippen molar-refractivity contribution in [1.82, 2.24) is 0 Å². The summed E-state index contributed by atoms with van der Waals surface area (Å²) in [6.45, 7) is 4.35. The van der Waals surface area contributed by atoms with Crippen LogP contribution in [-0.4, -0.2) is 16.7 Å². The molecule has 144 valence electrons. The third-order valence-corrected chi connectivity index (χ3v) is 6.11. The van der Waals surface area contributed by atoms with Gasteiger partial charge in [-0.3, -0.25) is 0 Å². The summed E-state index contributed by atoms with van der Waals surface area (Å²) in [7, 11) is 0. The molecule has 0 radical (unpaired) electrons. The zero-order chi connectivity index (χ0) is 18.8. The van der Waals surface area contributed by atoms with Crippen molar-refractivity contribution in [3.63, 3.8) is 0 Å². The van der Waals surface area contributed by atoms with Crippen LogP contribution < -0.4 is 0 Å². The van der Waals surface area contributed by atoms with E-state index in [0.29, 0.717) is 17.1 Å². The summed E-state index contributed by atoms with van der Waals surface area (Å²) in [6, 6.07) is 9.99. The summed E-state index contributed by atoms with van der Waals surface area (Å²) in [6.07, 6.45) is 8.76. The quantitative estimate of drug-likeness (QED) is 0.352. The molecule has 3 nitrogen and oxygen atoms in total.